The van der Waals surface area contributed by atoms with Gasteiger partial charge in [0.1, 0.15) is 5.25 Å². The molecule has 6 heteroatoms. The SMILES string of the molecule is CCOC(OCC)C1(O)C(c2ccccc2)Sc2cccc[n+]21.[Cl-]. The molecule has 0 saturated heterocycles. The van der Waals surface area contributed by atoms with Crippen LogP contribution in [0.5, 0.6) is 0 Å². The van der Waals surface area contributed by atoms with Crippen molar-refractivity contribution in [2.45, 2.75) is 36.1 Å². The third kappa shape index (κ3) is 3.32. The van der Waals surface area contributed by atoms with Gasteiger partial charge in [0.05, 0.1) is 0 Å². The summed E-state index contributed by atoms with van der Waals surface area (Å²) < 4.78 is 13.4. The van der Waals surface area contributed by atoms with Crippen molar-refractivity contribution in [3.05, 3.63) is 60.3 Å². The average molecular weight is 368 g/mol. The molecule has 0 amide bonds. The molecule has 0 radical (unpaired) electrons. The van der Waals surface area contributed by atoms with Gasteiger partial charge in [0.25, 0.3) is 6.29 Å². The highest BCUT2D eigenvalue weighted by molar-refractivity contribution is 7.99. The van der Waals surface area contributed by atoms with Gasteiger partial charge in [-0.1, -0.05) is 30.3 Å². The van der Waals surface area contributed by atoms with E-state index in [-0.39, 0.29) is 17.7 Å². The van der Waals surface area contributed by atoms with Crippen molar-refractivity contribution >= 4 is 11.8 Å². The van der Waals surface area contributed by atoms with E-state index in [0.29, 0.717) is 13.2 Å². The predicted octanol–water partition coefficient (Wildman–Crippen LogP) is -0.131. The molecule has 0 bridgehead atoms. The molecule has 3 rings (SSSR count). The van der Waals surface area contributed by atoms with Crippen LogP contribution in [0, 0.1) is 0 Å². The van der Waals surface area contributed by atoms with Gasteiger partial charge in [0.15, 0.2) is 6.20 Å². The summed E-state index contributed by atoms with van der Waals surface area (Å²) in [5, 5.41) is 12.5. The van der Waals surface area contributed by atoms with E-state index in [1.54, 1.807) is 11.8 Å². The predicted molar refractivity (Wildman–Crippen MR) is 88.9 cm³/mol. The van der Waals surface area contributed by atoms with E-state index in [2.05, 4.69) is 0 Å². The third-order valence-electron chi connectivity index (χ3n) is 3.92. The van der Waals surface area contributed by atoms with E-state index in [1.165, 1.54) is 0 Å². The quantitative estimate of drug-likeness (QED) is 0.570. The molecule has 1 aliphatic heterocycles. The first kappa shape index (κ1) is 19.2. The van der Waals surface area contributed by atoms with Crippen LogP contribution >= 0.6 is 11.8 Å². The number of halogens is 1. The summed E-state index contributed by atoms with van der Waals surface area (Å²) in [6.07, 6.45) is 1.15. The Labute approximate surface area is 153 Å². The van der Waals surface area contributed by atoms with Gasteiger partial charge in [0.2, 0.25) is 5.03 Å². The maximum atomic E-state index is 11.7. The minimum atomic E-state index is -1.30. The van der Waals surface area contributed by atoms with Crippen molar-refractivity contribution < 1.29 is 31.6 Å². The first-order valence-corrected chi connectivity index (χ1v) is 8.78. The summed E-state index contributed by atoms with van der Waals surface area (Å²) in [5.41, 5.74) is -0.248. The molecule has 1 aromatic heterocycles. The molecule has 1 aromatic carbocycles. The van der Waals surface area contributed by atoms with E-state index >= 15 is 0 Å². The van der Waals surface area contributed by atoms with Crippen molar-refractivity contribution in [3.8, 4) is 0 Å². The van der Waals surface area contributed by atoms with Crippen LogP contribution in [0.1, 0.15) is 24.7 Å². The summed E-state index contributed by atoms with van der Waals surface area (Å²) in [6.45, 7) is 4.76. The summed E-state index contributed by atoms with van der Waals surface area (Å²) >= 11 is 1.63. The second-order valence-electron chi connectivity index (χ2n) is 5.34. The number of aliphatic hydroxyl groups is 1. The fourth-order valence-corrected chi connectivity index (χ4v) is 4.34. The lowest BCUT2D eigenvalue weighted by Crippen LogP contribution is -3.00. The van der Waals surface area contributed by atoms with Crippen LogP contribution in [0.25, 0.3) is 0 Å². The first-order valence-electron chi connectivity index (χ1n) is 7.90. The number of thioether (sulfide) groups is 1. The molecule has 2 heterocycles. The molecule has 0 spiro atoms. The van der Waals surface area contributed by atoms with E-state index in [9.17, 15) is 5.11 Å². The number of benzene rings is 1. The normalized spacial score (nSPS) is 22.2. The van der Waals surface area contributed by atoms with Gasteiger partial charge in [-0.05, 0) is 37.2 Å². The average Bonchev–Trinajstić information content (AvgIpc) is 2.90. The number of hydrogen-bond acceptors (Lipinski definition) is 4. The number of pyridine rings is 1. The smallest absolute Gasteiger partial charge is 0.339 e. The standard InChI is InChI=1S/C18H22NO3S.ClH/c1-3-21-17(22-4-2)18(20)16(14-10-6-5-7-11-14)23-15-12-8-9-13-19(15)18;/h5-13,16-17,20H,3-4H2,1-2H3;1H/q+1;/p-1. The summed E-state index contributed by atoms with van der Waals surface area (Å²) in [5.74, 6) is 0. The number of fused-ring (bicyclic) bond motifs is 1. The van der Waals surface area contributed by atoms with Crippen LogP contribution in [-0.2, 0) is 15.2 Å². The Hall–Kier alpha value is -1.11. The van der Waals surface area contributed by atoms with Gasteiger partial charge in [0, 0.05) is 25.3 Å². The summed E-state index contributed by atoms with van der Waals surface area (Å²) in [6, 6.07) is 15.9. The van der Waals surface area contributed by atoms with Crippen LogP contribution in [-0.4, -0.2) is 24.6 Å². The molecule has 2 atom stereocenters. The van der Waals surface area contributed by atoms with Gasteiger partial charge < -0.3 is 27.0 Å². The van der Waals surface area contributed by atoms with Gasteiger partial charge >= 0.3 is 5.72 Å². The molecule has 1 N–H and O–H groups in total. The van der Waals surface area contributed by atoms with Crippen molar-refractivity contribution in [2.75, 3.05) is 13.2 Å². The molecular weight excluding hydrogens is 346 g/mol. The number of hydrogen-bond donors (Lipinski definition) is 1. The minimum absolute atomic E-state index is 0. The maximum Gasteiger partial charge on any atom is 0.339 e. The van der Waals surface area contributed by atoms with Gasteiger partial charge in [-0.3, -0.25) is 0 Å². The zero-order valence-corrected chi connectivity index (χ0v) is 15.3. The Morgan fingerprint density at radius 2 is 1.71 bits per heavy atom. The summed E-state index contributed by atoms with van der Waals surface area (Å²) in [4.78, 5) is 0. The lowest BCUT2D eigenvalue weighted by molar-refractivity contribution is -0.845. The van der Waals surface area contributed by atoms with Crippen LogP contribution in [0.15, 0.2) is 59.8 Å². The van der Waals surface area contributed by atoms with E-state index < -0.39 is 12.0 Å². The van der Waals surface area contributed by atoms with Crippen LogP contribution in [0.4, 0.5) is 0 Å². The van der Waals surface area contributed by atoms with Crippen molar-refractivity contribution in [3.63, 3.8) is 0 Å². The van der Waals surface area contributed by atoms with Crippen molar-refractivity contribution in [1.29, 1.82) is 0 Å². The Kier molecular flexibility index (Phi) is 6.66. The molecule has 2 unspecified atom stereocenters. The molecule has 130 valence electrons. The molecule has 0 aliphatic carbocycles. The van der Waals surface area contributed by atoms with Crippen molar-refractivity contribution in [1.82, 2.24) is 0 Å². The zero-order chi connectivity index (χ0) is 16.3. The number of rotatable bonds is 6. The molecule has 24 heavy (non-hydrogen) atoms. The van der Waals surface area contributed by atoms with E-state index in [0.717, 1.165) is 10.6 Å². The zero-order valence-electron chi connectivity index (χ0n) is 13.8. The fourth-order valence-electron chi connectivity index (χ4n) is 2.93. The van der Waals surface area contributed by atoms with E-state index in [1.807, 2.05) is 73.1 Å². The monoisotopic (exact) mass is 367 g/mol. The summed E-state index contributed by atoms with van der Waals surface area (Å²) in [7, 11) is 0. The van der Waals surface area contributed by atoms with Gasteiger partial charge in [-0.15, -0.1) is 0 Å². The van der Waals surface area contributed by atoms with Crippen molar-refractivity contribution in [2.24, 2.45) is 0 Å². The first-order chi connectivity index (χ1) is 11.2. The Bertz CT molecular complexity index is 652. The fraction of sp³-hybridized carbons (Fsp3) is 0.389. The molecule has 1 aliphatic rings. The van der Waals surface area contributed by atoms with Gasteiger partial charge in [-0.25, -0.2) is 0 Å². The van der Waals surface area contributed by atoms with Crippen LogP contribution in [0.2, 0.25) is 0 Å². The van der Waals surface area contributed by atoms with Crippen LogP contribution < -0.4 is 17.0 Å². The lowest BCUT2D eigenvalue weighted by atomic mass is 10.0. The largest absolute Gasteiger partial charge is 1.00 e. The minimum Gasteiger partial charge on any atom is -1.00 e. The highest BCUT2D eigenvalue weighted by atomic mass is 35.5. The third-order valence-corrected chi connectivity index (χ3v) is 5.35. The Morgan fingerprint density at radius 3 is 2.33 bits per heavy atom. The molecular formula is C18H22ClNO3S. The Morgan fingerprint density at radius 1 is 1.08 bits per heavy atom. The number of ether oxygens (including phenoxy) is 2. The second kappa shape index (κ2) is 8.32. The molecule has 4 nitrogen and oxygen atoms in total. The van der Waals surface area contributed by atoms with E-state index in [4.69, 9.17) is 9.47 Å². The second-order valence-corrected chi connectivity index (χ2v) is 6.47. The lowest BCUT2D eigenvalue weighted by Gasteiger charge is -2.31. The Balaban J connectivity index is 0.00000208. The highest BCUT2D eigenvalue weighted by Gasteiger charge is 2.61. The number of aromatic nitrogens is 1. The van der Waals surface area contributed by atoms with Gasteiger partial charge in [-0.2, -0.15) is 4.57 Å². The topological polar surface area (TPSA) is 42.6 Å². The highest BCUT2D eigenvalue weighted by Crippen LogP contribution is 2.49. The maximum absolute atomic E-state index is 11.7. The number of nitrogens with zero attached hydrogens (tertiary/aromatic N) is 1. The molecule has 0 fully saturated rings. The molecule has 2 aromatic rings. The van der Waals surface area contributed by atoms with Crippen LogP contribution in [0.3, 0.4) is 0 Å². The molecule has 0 saturated carbocycles.